The van der Waals surface area contributed by atoms with E-state index in [0.29, 0.717) is 17.3 Å². The summed E-state index contributed by atoms with van der Waals surface area (Å²) in [5.74, 6) is 0.476. The molecule has 114 valence electrons. The molecular formula is C16H15ClN2O2S. The lowest BCUT2D eigenvalue weighted by molar-refractivity contribution is 0.598. The summed E-state index contributed by atoms with van der Waals surface area (Å²) < 4.78 is 28.9. The summed E-state index contributed by atoms with van der Waals surface area (Å²) in [4.78, 5) is 1.97. The quantitative estimate of drug-likeness (QED) is 0.845. The Hall–Kier alpha value is -1.85. The average molecular weight is 335 g/mol. The van der Waals surface area contributed by atoms with Crippen LogP contribution in [0.4, 0.5) is 5.69 Å². The van der Waals surface area contributed by atoms with Crippen molar-refractivity contribution in [3.8, 4) is 0 Å². The van der Waals surface area contributed by atoms with E-state index >= 15 is 0 Å². The molecule has 0 aliphatic carbocycles. The van der Waals surface area contributed by atoms with Gasteiger partial charge in [-0.25, -0.2) is 0 Å². The minimum atomic E-state index is -3.72. The Morgan fingerprint density at radius 2 is 1.82 bits per heavy atom. The van der Waals surface area contributed by atoms with Crippen LogP contribution in [-0.4, -0.2) is 21.3 Å². The van der Waals surface area contributed by atoms with Crippen molar-refractivity contribution >= 4 is 33.1 Å². The Morgan fingerprint density at radius 1 is 1.14 bits per heavy atom. The lowest BCUT2D eigenvalue weighted by Crippen LogP contribution is -2.23. The van der Waals surface area contributed by atoms with Gasteiger partial charge in [-0.3, -0.25) is 0 Å². The van der Waals surface area contributed by atoms with Gasteiger partial charge in [0.1, 0.15) is 5.84 Å². The van der Waals surface area contributed by atoms with Crippen LogP contribution >= 0.6 is 11.6 Å². The minimum Gasteiger partial charge on any atom is -0.332 e. The van der Waals surface area contributed by atoms with Gasteiger partial charge < -0.3 is 4.90 Å². The van der Waals surface area contributed by atoms with E-state index in [1.807, 2.05) is 19.1 Å². The summed E-state index contributed by atoms with van der Waals surface area (Å²) in [6.45, 7) is 1.91. The maximum Gasteiger partial charge on any atom is 0.283 e. The highest BCUT2D eigenvalue weighted by molar-refractivity contribution is 7.90. The third kappa shape index (κ3) is 2.62. The number of fused-ring (bicyclic) bond motifs is 1. The van der Waals surface area contributed by atoms with E-state index in [9.17, 15) is 8.42 Å². The molecule has 0 saturated heterocycles. The predicted octanol–water partition coefficient (Wildman–Crippen LogP) is 3.43. The second-order valence-corrected chi connectivity index (χ2v) is 7.28. The molecule has 1 aliphatic rings. The molecule has 4 nitrogen and oxygen atoms in total. The monoisotopic (exact) mass is 334 g/mol. The first-order chi connectivity index (χ1) is 10.4. The molecule has 0 saturated carbocycles. The van der Waals surface area contributed by atoms with Crippen LogP contribution in [0.3, 0.4) is 0 Å². The van der Waals surface area contributed by atoms with E-state index in [1.165, 1.54) is 0 Å². The van der Waals surface area contributed by atoms with Crippen molar-refractivity contribution in [3.63, 3.8) is 0 Å². The molecule has 0 aromatic heterocycles. The van der Waals surface area contributed by atoms with Gasteiger partial charge >= 0.3 is 0 Å². The molecule has 22 heavy (non-hydrogen) atoms. The summed E-state index contributed by atoms with van der Waals surface area (Å²) in [7, 11) is -1.92. The Balaban J connectivity index is 2.00. The molecule has 0 N–H and O–H groups in total. The first-order valence-corrected chi connectivity index (χ1v) is 8.62. The molecule has 0 spiro atoms. The van der Waals surface area contributed by atoms with Crippen molar-refractivity contribution in [2.24, 2.45) is 4.40 Å². The normalized spacial score (nSPS) is 16.1. The minimum absolute atomic E-state index is 0.195. The number of likely N-dealkylation sites (N-methyl/N-ethyl adjacent to an activating group) is 1. The van der Waals surface area contributed by atoms with Crippen LogP contribution in [0.1, 0.15) is 11.1 Å². The van der Waals surface area contributed by atoms with Crippen LogP contribution in [0.25, 0.3) is 0 Å². The van der Waals surface area contributed by atoms with E-state index in [1.54, 1.807) is 42.3 Å². The van der Waals surface area contributed by atoms with Gasteiger partial charge in [0.05, 0.1) is 4.90 Å². The van der Waals surface area contributed by atoms with Gasteiger partial charge in [0.2, 0.25) is 0 Å². The molecule has 0 amide bonds. The van der Waals surface area contributed by atoms with Crippen molar-refractivity contribution in [2.45, 2.75) is 18.2 Å². The number of hydrogen-bond donors (Lipinski definition) is 0. The lowest BCUT2D eigenvalue weighted by atomic mass is 10.2. The number of nitrogens with zero attached hydrogens (tertiary/aromatic N) is 2. The highest BCUT2D eigenvalue weighted by Gasteiger charge is 2.26. The van der Waals surface area contributed by atoms with E-state index in [-0.39, 0.29) is 4.90 Å². The summed E-state index contributed by atoms with van der Waals surface area (Å²) in [5, 5.41) is 0.627. The van der Waals surface area contributed by atoms with Crippen molar-refractivity contribution in [1.29, 1.82) is 0 Å². The van der Waals surface area contributed by atoms with E-state index in [4.69, 9.17) is 11.6 Å². The Morgan fingerprint density at radius 3 is 2.45 bits per heavy atom. The van der Waals surface area contributed by atoms with Gasteiger partial charge in [-0.15, -0.1) is 4.40 Å². The van der Waals surface area contributed by atoms with Gasteiger partial charge in [0.25, 0.3) is 10.0 Å². The second-order valence-electron chi connectivity index (χ2n) is 5.27. The molecule has 1 heterocycles. The van der Waals surface area contributed by atoms with Crippen LogP contribution in [0, 0.1) is 6.92 Å². The fourth-order valence-electron chi connectivity index (χ4n) is 2.45. The fourth-order valence-corrected chi connectivity index (χ4v) is 3.73. The zero-order valence-corrected chi connectivity index (χ0v) is 13.8. The SMILES string of the molecule is Cc1ccc(S(=O)(=O)N=C2Cc3c(Cl)cccc3N2C)cc1. The zero-order chi connectivity index (χ0) is 15.9. The van der Waals surface area contributed by atoms with Crippen molar-refractivity contribution in [2.75, 3.05) is 11.9 Å². The fraction of sp³-hybridized carbons (Fsp3) is 0.188. The number of hydrogen-bond acceptors (Lipinski definition) is 2. The Bertz CT molecular complexity index is 858. The lowest BCUT2D eigenvalue weighted by Gasteiger charge is -2.13. The van der Waals surface area contributed by atoms with E-state index in [0.717, 1.165) is 16.8 Å². The molecule has 0 bridgehead atoms. The molecule has 0 radical (unpaired) electrons. The molecule has 0 unspecified atom stereocenters. The standard InChI is InChI=1S/C16H15ClN2O2S/c1-11-6-8-12(9-7-11)22(20,21)18-16-10-13-14(17)4-3-5-15(13)19(16)2/h3-9H,10H2,1-2H3. The average Bonchev–Trinajstić information content (AvgIpc) is 2.78. The van der Waals surface area contributed by atoms with Crippen molar-refractivity contribution in [1.82, 2.24) is 0 Å². The van der Waals surface area contributed by atoms with Crippen LogP contribution in [0.15, 0.2) is 51.8 Å². The van der Waals surface area contributed by atoms with Gasteiger partial charge in [0.15, 0.2) is 0 Å². The predicted molar refractivity (Wildman–Crippen MR) is 89.4 cm³/mol. The molecule has 6 heteroatoms. The summed E-state index contributed by atoms with van der Waals surface area (Å²) in [6, 6.07) is 12.2. The summed E-state index contributed by atoms with van der Waals surface area (Å²) in [6.07, 6.45) is 0.413. The number of benzene rings is 2. The number of halogens is 1. The maximum atomic E-state index is 12.4. The molecule has 0 atom stereocenters. The molecule has 2 aromatic rings. The van der Waals surface area contributed by atoms with Crippen LogP contribution in [0.5, 0.6) is 0 Å². The molecular weight excluding hydrogens is 320 g/mol. The molecule has 2 aromatic carbocycles. The smallest absolute Gasteiger partial charge is 0.283 e. The molecule has 3 rings (SSSR count). The first kappa shape index (κ1) is 15.1. The number of sulfonamides is 1. The van der Waals surface area contributed by atoms with Crippen LogP contribution in [-0.2, 0) is 16.4 Å². The van der Waals surface area contributed by atoms with E-state index < -0.39 is 10.0 Å². The number of rotatable bonds is 2. The highest BCUT2D eigenvalue weighted by atomic mass is 35.5. The van der Waals surface area contributed by atoms with E-state index in [2.05, 4.69) is 4.40 Å². The second kappa shape index (κ2) is 5.41. The first-order valence-electron chi connectivity index (χ1n) is 6.80. The van der Waals surface area contributed by atoms with Gasteiger partial charge in [-0.05, 0) is 31.2 Å². The number of anilines is 1. The summed E-state index contributed by atoms with van der Waals surface area (Å²) in [5.41, 5.74) is 2.80. The maximum absolute atomic E-state index is 12.4. The topological polar surface area (TPSA) is 49.7 Å². The number of aryl methyl sites for hydroxylation is 1. The van der Waals surface area contributed by atoms with Crippen LogP contribution < -0.4 is 4.90 Å². The Kier molecular flexibility index (Phi) is 3.70. The Labute approximate surface area is 135 Å². The van der Waals surface area contributed by atoms with Gasteiger partial charge in [-0.2, -0.15) is 8.42 Å². The van der Waals surface area contributed by atoms with Crippen molar-refractivity contribution < 1.29 is 8.42 Å². The van der Waals surface area contributed by atoms with Crippen LogP contribution in [0.2, 0.25) is 5.02 Å². The highest BCUT2D eigenvalue weighted by Crippen LogP contribution is 2.34. The zero-order valence-electron chi connectivity index (χ0n) is 12.2. The number of amidine groups is 1. The van der Waals surface area contributed by atoms with Crippen molar-refractivity contribution in [3.05, 3.63) is 58.6 Å². The van der Waals surface area contributed by atoms with Gasteiger partial charge in [-0.1, -0.05) is 35.4 Å². The summed E-state index contributed by atoms with van der Waals surface area (Å²) >= 11 is 6.17. The third-order valence-corrected chi connectivity index (χ3v) is 5.40. The van der Waals surface area contributed by atoms with Gasteiger partial charge in [0, 0.05) is 29.7 Å². The molecule has 1 aliphatic heterocycles. The molecule has 0 fully saturated rings. The largest absolute Gasteiger partial charge is 0.332 e. The third-order valence-electron chi connectivity index (χ3n) is 3.72.